The zero-order valence-electron chi connectivity index (χ0n) is 42.1. The van der Waals surface area contributed by atoms with Crippen LogP contribution in [0.1, 0.15) is 42.2 Å². The predicted molar refractivity (Wildman–Crippen MR) is 291 cm³/mol. The molecule has 77 heavy (non-hydrogen) atoms. The van der Waals surface area contributed by atoms with Gasteiger partial charge < -0.3 is 24.8 Å². The number of carbonyl (C=O) groups is 2. The van der Waals surface area contributed by atoms with Crippen LogP contribution in [0.3, 0.4) is 0 Å². The molecule has 1 unspecified atom stereocenters. The van der Waals surface area contributed by atoms with Gasteiger partial charge in [-0.3, -0.25) is 14.7 Å². The van der Waals surface area contributed by atoms with E-state index < -0.39 is 5.54 Å². The maximum Gasteiger partial charge on any atom is 0.250 e. The molecule has 11 aromatic rings. The summed E-state index contributed by atoms with van der Waals surface area (Å²) in [4.78, 5) is 25.8. The Morgan fingerprint density at radius 1 is 0.610 bits per heavy atom. The number of nitrogens with one attached hydrogen (secondary N) is 4. The third kappa shape index (κ3) is 10.3. The van der Waals surface area contributed by atoms with Crippen molar-refractivity contribution >= 4 is 45.0 Å². The van der Waals surface area contributed by atoms with Crippen molar-refractivity contribution in [2.45, 2.75) is 31.0 Å². The molecule has 12 rings (SSSR count). The van der Waals surface area contributed by atoms with Gasteiger partial charge in [0.15, 0.2) is 11.8 Å². The van der Waals surface area contributed by atoms with E-state index in [4.69, 9.17) is 29.6 Å². The maximum absolute atomic E-state index is 12.3. The standard InChI is InChI=1S/C41H37N7O3.C17H15N7O2/c1-50-28-37(49)42-34-21-13-14-29(26-34)39-35-27-30(23-24-36(35)47(44-39)38-22-11-12-25-51-38)40-43-46-48(45-40)41(31-15-5-2-6-16-31,32-17-7-3-8-18-32)33-19-9-4-10-20-33;1-26-9-15(25)18-12-4-2-3-10(7-12)16-13-8-11(17-21-23-24-22-17)5-6-14(13)19-20-16/h2-10,13-21,23-24,26-27,38H,11-12,22,25,28H2,1H3,(H,42,49);2-8H,9H2,1H3,(H,18,25)(H,19,20)(H,21,22,23,24). The van der Waals surface area contributed by atoms with Crippen molar-refractivity contribution < 1.29 is 23.8 Å². The van der Waals surface area contributed by atoms with E-state index in [0.29, 0.717) is 29.6 Å². The Kier molecular flexibility index (Phi) is 14.5. The Labute approximate surface area is 441 Å². The lowest BCUT2D eigenvalue weighted by molar-refractivity contribution is -0.120. The average Bonchev–Trinajstić information content (AvgIpc) is 4.34. The van der Waals surface area contributed by atoms with Crippen LogP contribution in [-0.2, 0) is 29.3 Å². The molecule has 0 spiro atoms. The van der Waals surface area contributed by atoms with Crippen molar-refractivity contribution in [1.29, 1.82) is 0 Å². The fourth-order valence-corrected chi connectivity index (χ4v) is 9.79. The minimum Gasteiger partial charge on any atom is -0.375 e. The molecule has 0 saturated carbocycles. The minimum atomic E-state index is -0.888. The van der Waals surface area contributed by atoms with Gasteiger partial charge in [0, 0.05) is 65.2 Å². The van der Waals surface area contributed by atoms with Crippen molar-refractivity contribution in [3.05, 3.63) is 193 Å². The van der Waals surface area contributed by atoms with Crippen LogP contribution in [0.25, 0.3) is 67.1 Å². The van der Waals surface area contributed by atoms with Gasteiger partial charge in [-0.15, -0.1) is 25.2 Å². The highest BCUT2D eigenvalue weighted by Crippen LogP contribution is 2.41. The number of fused-ring (bicyclic) bond motifs is 2. The van der Waals surface area contributed by atoms with Gasteiger partial charge >= 0.3 is 0 Å². The number of amides is 2. The number of aromatic amines is 2. The topological polar surface area (TPSA) is 230 Å². The first-order chi connectivity index (χ1) is 37.9. The highest BCUT2D eigenvalue weighted by atomic mass is 16.5. The fraction of sp³-hybridized carbons (Fsp3) is 0.172. The lowest BCUT2D eigenvalue weighted by Gasteiger charge is -2.34. The second-order valence-corrected chi connectivity index (χ2v) is 18.2. The second-order valence-electron chi connectivity index (χ2n) is 18.2. The molecule has 5 heterocycles. The van der Waals surface area contributed by atoms with Crippen molar-refractivity contribution in [2.75, 3.05) is 44.7 Å². The van der Waals surface area contributed by atoms with Crippen LogP contribution in [0.4, 0.5) is 11.4 Å². The average molecular weight is 1030 g/mol. The fourth-order valence-electron chi connectivity index (χ4n) is 9.79. The van der Waals surface area contributed by atoms with E-state index in [9.17, 15) is 9.59 Å². The number of tetrazole rings is 2. The smallest absolute Gasteiger partial charge is 0.250 e. The molecule has 4 aromatic heterocycles. The maximum atomic E-state index is 12.3. The first-order valence-corrected chi connectivity index (χ1v) is 25.0. The molecule has 1 aliphatic rings. The second kappa shape index (κ2) is 22.5. The number of H-pyrrole nitrogens is 2. The van der Waals surface area contributed by atoms with E-state index in [1.165, 1.54) is 14.2 Å². The van der Waals surface area contributed by atoms with E-state index >= 15 is 0 Å². The highest BCUT2D eigenvalue weighted by molar-refractivity contribution is 5.99. The van der Waals surface area contributed by atoms with Gasteiger partial charge in [0.2, 0.25) is 23.5 Å². The van der Waals surface area contributed by atoms with Crippen molar-refractivity contribution in [3.8, 4) is 45.3 Å². The zero-order chi connectivity index (χ0) is 52.6. The van der Waals surface area contributed by atoms with Gasteiger partial charge in [-0.2, -0.15) is 15.4 Å². The van der Waals surface area contributed by atoms with E-state index in [-0.39, 0.29) is 31.3 Å². The summed E-state index contributed by atoms with van der Waals surface area (Å²) in [5.41, 5.74) is 10.2. The van der Waals surface area contributed by atoms with Gasteiger partial charge in [-0.1, -0.05) is 115 Å². The van der Waals surface area contributed by atoms with Crippen LogP contribution in [0.2, 0.25) is 0 Å². The Hall–Kier alpha value is -9.56. The summed E-state index contributed by atoms with van der Waals surface area (Å²) in [6, 6.07) is 58.0. The number of benzene rings is 7. The summed E-state index contributed by atoms with van der Waals surface area (Å²) >= 11 is 0. The largest absolute Gasteiger partial charge is 0.375 e. The van der Waals surface area contributed by atoms with Crippen LogP contribution < -0.4 is 10.6 Å². The molecule has 1 atom stereocenters. The summed E-state index contributed by atoms with van der Waals surface area (Å²) < 4.78 is 18.0. The molecule has 19 nitrogen and oxygen atoms in total. The highest BCUT2D eigenvalue weighted by Gasteiger charge is 2.41. The molecule has 7 aromatic carbocycles. The summed E-state index contributed by atoms with van der Waals surface area (Å²) in [6.07, 6.45) is 2.81. The molecule has 0 bridgehead atoms. The van der Waals surface area contributed by atoms with Crippen LogP contribution in [0, 0.1) is 0 Å². The van der Waals surface area contributed by atoms with Crippen LogP contribution >= 0.6 is 0 Å². The number of hydrogen-bond donors (Lipinski definition) is 4. The molecule has 2 amide bonds. The molecule has 4 N–H and O–H groups in total. The van der Waals surface area contributed by atoms with Gasteiger partial charge in [-0.05, 0) is 107 Å². The Morgan fingerprint density at radius 3 is 1.79 bits per heavy atom. The third-order valence-electron chi connectivity index (χ3n) is 13.2. The predicted octanol–water partition coefficient (Wildman–Crippen LogP) is 9.48. The summed E-state index contributed by atoms with van der Waals surface area (Å²) in [6.45, 7) is 0.668. The molecule has 0 radical (unpaired) electrons. The number of ether oxygens (including phenoxy) is 3. The van der Waals surface area contributed by atoms with E-state index in [1.807, 2.05) is 132 Å². The number of methoxy groups -OCH3 is 2. The molecule has 384 valence electrons. The normalized spacial score (nSPS) is 13.5. The number of anilines is 2. The number of rotatable bonds is 15. The van der Waals surface area contributed by atoms with Crippen LogP contribution in [-0.4, -0.2) is 107 Å². The molecular weight excluding hydrogens is 973 g/mol. The van der Waals surface area contributed by atoms with Crippen LogP contribution in [0.5, 0.6) is 0 Å². The lowest BCUT2D eigenvalue weighted by atomic mass is 9.77. The summed E-state index contributed by atoms with van der Waals surface area (Å²) in [5, 5.41) is 48.7. The van der Waals surface area contributed by atoms with Gasteiger partial charge in [-0.25, -0.2) is 4.68 Å². The zero-order valence-corrected chi connectivity index (χ0v) is 42.1. The molecule has 1 saturated heterocycles. The van der Waals surface area contributed by atoms with E-state index in [1.54, 1.807) is 4.80 Å². The molecule has 19 heteroatoms. The van der Waals surface area contributed by atoms with Crippen molar-refractivity contribution in [2.24, 2.45) is 0 Å². The monoisotopic (exact) mass is 1020 g/mol. The quantitative estimate of drug-likeness (QED) is 0.0702. The molecular formula is C58H52N14O5. The molecule has 1 fully saturated rings. The Bertz CT molecular complexity index is 3690. The summed E-state index contributed by atoms with van der Waals surface area (Å²) in [7, 11) is 2.98. The van der Waals surface area contributed by atoms with Gasteiger partial charge in [0.25, 0.3) is 0 Å². The van der Waals surface area contributed by atoms with E-state index in [0.717, 1.165) is 91.4 Å². The van der Waals surface area contributed by atoms with Crippen LogP contribution in [0.15, 0.2) is 176 Å². The Balaban J connectivity index is 0.000000203. The summed E-state index contributed by atoms with van der Waals surface area (Å²) in [5.74, 6) is 0.558. The first-order valence-electron chi connectivity index (χ1n) is 25.0. The van der Waals surface area contributed by atoms with Crippen molar-refractivity contribution in [1.82, 2.24) is 60.8 Å². The molecule has 0 aliphatic carbocycles. The lowest BCUT2D eigenvalue weighted by Crippen LogP contribution is -2.39. The third-order valence-corrected chi connectivity index (χ3v) is 13.2. The van der Waals surface area contributed by atoms with Gasteiger partial charge in [0.1, 0.15) is 18.9 Å². The first kappa shape index (κ1) is 49.6. The number of hydrogen-bond acceptors (Lipinski definition) is 13. The Morgan fingerprint density at radius 2 is 1.21 bits per heavy atom. The number of aromatic nitrogens is 12. The van der Waals surface area contributed by atoms with Gasteiger partial charge in [0.05, 0.1) is 16.7 Å². The number of nitrogens with zero attached hydrogens (tertiary/aromatic N) is 10. The molecule has 1 aliphatic heterocycles. The SMILES string of the molecule is COCC(=O)Nc1cccc(-c2n[nH]c3ccc(-c4nn[nH]n4)cc23)c1.COCC(=O)Nc1cccc(-c2nn(C3CCCCO3)c3ccc(-c4nnn(C(c5ccccc5)(c5ccccc5)c5ccccc5)n4)cc23)c1. The van der Waals surface area contributed by atoms with Crippen molar-refractivity contribution in [3.63, 3.8) is 0 Å². The van der Waals surface area contributed by atoms with E-state index in [2.05, 4.69) is 95.1 Å². The number of carbonyl (C=O) groups excluding carboxylic acids is 2. The minimum absolute atomic E-state index is 0.00359.